The van der Waals surface area contributed by atoms with Gasteiger partial charge in [0.05, 0.1) is 0 Å². The standard InChI is InChI=1S/C23H28N4O.C2H6/c1-16-12-17(2)14-27(13-16)21-8-10-25-22-20(21)9-11-26(22)15-18-4-6-19(7-5-18)23(28)24-3;1-2/h4-11,16-17H,12-15H2,1-3H3,(H,24,28);1-2H3. The van der Waals surface area contributed by atoms with E-state index >= 15 is 0 Å². The Morgan fingerprint density at radius 3 is 2.37 bits per heavy atom. The zero-order valence-electron chi connectivity index (χ0n) is 18.9. The molecule has 1 aliphatic heterocycles. The minimum Gasteiger partial charge on any atom is -0.370 e. The molecule has 0 spiro atoms. The van der Waals surface area contributed by atoms with Gasteiger partial charge in [-0.15, -0.1) is 0 Å². The lowest BCUT2D eigenvalue weighted by atomic mass is 9.91. The molecule has 1 aliphatic rings. The molecule has 5 nitrogen and oxygen atoms in total. The van der Waals surface area contributed by atoms with Crippen LogP contribution in [0.25, 0.3) is 11.0 Å². The quantitative estimate of drug-likeness (QED) is 0.667. The fourth-order valence-corrected chi connectivity index (χ4v) is 4.44. The lowest BCUT2D eigenvalue weighted by Crippen LogP contribution is -2.38. The fraction of sp³-hybridized carbons (Fsp3) is 0.440. The van der Waals surface area contributed by atoms with Gasteiger partial charge in [0.2, 0.25) is 0 Å². The molecule has 30 heavy (non-hydrogen) atoms. The maximum atomic E-state index is 11.7. The smallest absolute Gasteiger partial charge is 0.251 e. The van der Waals surface area contributed by atoms with Crippen molar-refractivity contribution in [2.45, 2.75) is 40.7 Å². The van der Waals surface area contributed by atoms with E-state index in [1.165, 1.54) is 17.5 Å². The molecule has 160 valence electrons. The van der Waals surface area contributed by atoms with Crippen LogP contribution in [0.3, 0.4) is 0 Å². The van der Waals surface area contributed by atoms with Gasteiger partial charge in [0, 0.05) is 55.7 Å². The van der Waals surface area contributed by atoms with Crippen LogP contribution < -0.4 is 10.2 Å². The van der Waals surface area contributed by atoms with Gasteiger partial charge in [0.15, 0.2) is 0 Å². The molecule has 3 aromatic rings. The number of nitrogens with zero attached hydrogens (tertiary/aromatic N) is 3. The maximum absolute atomic E-state index is 11.7. The molecule has 1 saturated heterocycles. The number of benzene rings is 1. The van der Waals surface area contributed by atoms with E-state index in [1.807, 2.05) is 44.3 Å². The largest absolute Gasteiger partial charge is 0.370 e. The summed E-state index contributed by atoms with van der Waals surface area (Å²) in [6, 6.07) is 12.1. The highest BCUT2D eigenvalue weighted by Crippen LogP contribution is 2.31. The van der Waals surface area contributed by atoms with E-state index in [9.17, 15) is 4.79 Å². The zero-order valence-corrected chi connectivity index (χ0v) is 18.9. The molecule has 2 aromatic heterocycles. The number of carbonyl (C=O) groups is 1. The molecule has 2 unspecified atom stereocenters. The molecule has 0 bridgehead atoms. The summed E-state index contributed by atoms with van der Waals surface area (Å²) in [6.45, 7) is 11.6. The summed E-state index contributed by atoms with van der Waals surface area (Å²) in [5.74, 6) is 1.37. The second kappa shape index (κ2) is 9.79. The van der Waals surface area contributed by atoms with Crippen molar-refractivity contribution < 1.29 is 4.79 Å². The number of amides is 1. The van der Waals surface area contributed by atoms with E-state index in [0.717, 1.165) is 30.8 Å². The second-order valence-electron chi connectivity index (χ2n) is 8.14. The topological polar surface area (TPSA) is 50.2 Å². The molecular weight excluding hydrogens is 372 g/mol. The SMILES string of the molecule is CC.CNC(=O)c1ccc(Cn2ccc3c(N4CC(C)CC(C)C4)ccnc32)cc1. The number of piperidine rings is 1. The van der Waals surface area contributed by atoms with E-state index in [1.54, 1.807) is 7.05 Å². The molecule has 0 radical (unpaired) electrons. The van der Waals surface area contributed by atoms with Crippen LogP contribution >= 0.6 is 0 Å². The first-order valence-corrected chi connectivity index (χ1v) is 11.0. The van der Waals surface area contributed by atoms with E-state index in [0.29, 0.717) is 17.4 Å². The molecule has 1 aromatic carbocycles. The highest BCUT2D eigenvalue weighted by molar-refractivity contribution is 5.94. The Hall–Kier alpha value is -2.82. The highest BCUT2D eigenvalue weighted by atomic mass is 16.1. The lowest BCUT2D eigenvalue weighted by Gasteiger charge is -2.36. The fourth-order valence-electron chi connectivity index (χ4n) is 4.44. The van der Waals surface area contributed by atoms with Crippen LogP contribution in [0.5, 0.6) is 0 Å². The molecule has 0 saturated carbocycles. The van der Waals surface area contributed by atoms with Gasteiger partial charge >= 0.3 is 0 Å². The molecule has 2 atom stereocenters. The van der Waals surface area contributed by atoms with Crippen molar-refractivity contribution in [2.24, 2.45) is 11.8 Å². The predicted octanol–water partition coefficient (Wildman–Crippen LogP) is 4.95. The van der Waals surface area contributed by atoms with Gasteiger partial charge < -0.3 is 14.8 Å². The number of pyridine rings is 1. The monoisotopic (exact) mass is 406 g/mol. The Morgan fingerprint density at radius 1 is 1.07 bits per heavy atom. The molecule has 1 amide bonds. The normalized spacial score (nSPS) is 18.6. The molecular formula is C25H34N4O. The summed E-state index contributed by atoms with van der Waals surface area (Å²) >= 11 is 0. The van der Waals surface area contributed by atoms with Gasteiger partial charge in [0.1, 0.15) is 5.65 Å². The molecule has 0 aliphatic carbocycles. The van der Waals surface area contributed by atoms with Crippen molar-refractivity contribution in [1.82, 2.24) is 14.9 Å². The van der Waals surface area contributed by atoms with Gasteiger partial charge in [0.25, 0.3) is 5.91 Å². The minimum atomic E-state index is -0.0609. The Morgan fingerprint density at radius 2 is 1.73 bits per heavy atom. The Bertz CT molecular complexity index is 966. The van der Waals surface area contributed by atoms with Crippen molar-refractivity contribution in [2.75, 3.05) is 25.0 Å². The highest BCUT2D eigenvalue weighted by Gasteiger charge is 2.23. The van der Waals surface area contributed by atoms with Crippen LogP contribution in [0.2, 0.25) is 0 Å². The van der Waals surface area contributed by atoms with Crippen LogP contribution in [0.4, 0.5) is 5.69 Å². The van der Waals surface area contributed by atoms with Gasteiger partial charge in [-0.05, 0) is 48.1 Å². The van der Waals surface area contributed by atoms with Crippen LogP contribution in [0.1, 0.15) is 50.0 Å². The number of hydrogen-bond donors (Lipinski definition) is 1. The number of nitrogens with one attached hydrogen (secondary N) is 1. The van der Waals surface area contributed by atoms with E-state index in [2.05, 4.69) is 51.9 Å². The summed E-state index contributed by atoms with van der Waals surface area (Å²) in [7, 11) is 1.65. The third kappa shape index (κ3) is 4.66. The molecule has 1 fully saturated rings. The summed E-state index contributed by atoms with van der Waals surface area (Å²) in [5, 5.41) is 3.87. The van der Waals surface area contributed by atoms with Gasteiger partial charge in [-0.1, -0.05) is 39.8 Å². The van der Waals surface area contributed by atoms with Crippen LogP contribution in [0.15, 0.2) is 48.8 Å². The van der Waals surface area contributed by atoms with Gasteiger partial charge in [-0.3, -0.25) is 4.79 Å². The average Bonchev–Trinajstić information content (AvgIpc) is 3.17. The van der Waals surface area contributed by atoms with E-state index in [-0.39, 0.29) is 5.91 Å². The molecule has 5 heteroatoms. The number of anilines is 1. The van der Waals surface area contributed by atoms with Gasteiger partial charge in [-0.2, -0.15) is 0 Å². The van der Waals surface area contributed by atoms with E-state index < -0.39 is 0 Å². The van der Waals surface area contributed by atoms with Gasteiger partial charge in [-0.25, -0.2) is 4.98 Å². The van der Waals surface area contributed by atoms with Crippen molar-refractivity contribution in [3.8, 4) is 0 Å². The molecule has 3 heterocycles. The maximum Gasteiger partial charge on any atom is 0.251 e. The minimum absolute atomic E-state index is 0.0609. The second-order valence-corrected chi connectivity index (χ2v) is 8.14. The first-order valence-electron chi connectivity index (χ1n) is 11.0. The average molecular weight is 407 g/mol. The first-order chi connectivity index (χ1) is 14.5. The number of hydrogen-bond acceptors (Lipinski definition) is 3. The first kappa shape index (κ1) is 21.9. The summed E-state index contributed by atoms with van der Waals surface area (Å²) in [6.07, 6.45) is 5.34. The van der Waals surface area contributed by atoms with Crippen molar-refractivity contribution in [3.63, 3.8) is 0 Å². The third-order valence-electron chi connectivity index (χ3n) is 5.64. The Labute approximate surface area is 180 Å². The van der Waals surface area contributed by atoms with Crippen molar-refractivity contribution in [1.29, 1.82) is 0 Å². The number of carbonyl (C=O) groups excluding carboxylic acids is 1. The number of fused-ring (bicyclic) bond motifs is 1. The number of aromatic nitrogens is 2. The van der Waals surface area contributed by atoms with Crippen molar-refractivity contribution in [3.05, 3.63) is 59.9 Å². The van der Waals surface area contributed by atoms with Crippen LogP contribution in [-0.2, 0) is 6.54 Å². The Balaban J connectivity index is 0.00000124. The lowest BCUT2D eigenvalue weighted by molar-refractivity contribution is 0.0963. The van der Waals surface area contributed by atoms with Crippen LogP contribution in [-0.4, -0.2) is 35.6 Å². The van der Waals surface area contributed by atoms with Crippen molar-refractivity contribution >= 4 is 22.6 Å². The Kier molecular flexibility index (Phi) is 7.14. The summed E-state index contributed by atoms with van der Waals surface area (Å²) < 4.78 is 2.19. The van der Waals surface area contributed by atoms with E-state index in [4.69, 9.17) is 0 Å². The molecule has 4 rings (SSSR count). The summed E-state index contributed by atoms with van der Waals surface area (Å²) in [4.78, 5) is 18.9. The molecule has 1 N–H and O–H groups in total. The summed E-state index contributed by atoms with van der Waals surface area (Å²) in [5.41, 5.74) is 4.13. The zero-order chi connectivity index (χ0) is 21.7. The van der Waals surface area contributed by atoms with Crippen LogP contribution in [0, 0.1) is 11.8 Å². The predicted molar refractivity (Wildman–Crippen MR) is 125 cm³/mol. The number of rotatable bonds is 4. The third-order valence-corrected chi connectivity index (χ3v) is 5.64.